The van der Waals surface area contributed by atoms with Crippen LogP contribution in [0.15, 0.2) is 182 Å². The largest absolute Gasteiger partial charge is 0.458 e. The van der Waals surface area contributed by atoms with Crippen LogP contribution < -0.4 is 52.1 Å². The zero-order chi connectivity index (χ0) is 42.8. The van der Waals surface area contributed by atoms with Gasteiger partial charge >= 0.3 is 0 Å². The molecule has 0 radical (unpaired) electrons. The van der Waals surface area contributed by atoms with Gasteiger partial charge in [-0.05, 0) is 166 Å². The Labute approximate surface area is 375 Å². The van der Waals surface area contributed by atoms with E-state index in [1.807, 2.05) is 0 Å². The van der Waals surface area contributed by atoms with E-state index in [1.165, 1.54) is 66.6 Å². The van der Waals surface area contributed by atoms with Gasteiger partial charge in [0, 0.05) is 40.2 Å². The van der Waals surface area contributed by atoms with Crippen LogP contribution in [0.3, 0.4) is 0 Å². The van der Waals surface area contributed by atoms with E-state index in [2.05, 4.69) is 219 Å². The Hall–Kier alpha value is -7.69. The highest BCUT2D eigenvalue weighted by molar-refractivity contribution is 7.02. The van der Waals surface area contributed by atoms with Crippen LogP contribution in [0.2, 0.25) is 0 Å². The monoisotopic (exact) mass is 820 g/mol. The van der Waals surface area contributed by atoms with Crippen LogP contribution in [-0.2, 0) is 0 Å². The number of rotatable bonds is 4. The van der Waals surface area contributed by atoms with Crippen LogP contribution in [0.5, 0.6) is 23.0 Å². The molecule has 6 heteroatoms. The predicted octanol–water partition coefficient (Wildman–Crippen LogP) is 11.1. The van der Waals surface area contributed by atoms with Gasteiger partial charge < -0.3 is 19.3 Å². The van der Waals surface area contributed by atoms with Crippen LogP contribution in [0.1, 0.15) is 22.3 Å². The summed E-state index contributed by atoms with van der Waals surface area (Å²) in [4.78, 5) is 4.87. The molecule has 9 aromatic carbocycles. The molecule has 4 nitrogen and oxygen atoms in total. The minimum atomic E-state index is -0.0749. The summed E-state index contributed by atoms with van der Waals surface area (Å²) in [6.45, 7) is 8.67. The van der Waals surface area contributed by atoms with Crippen LogP contribution in [0.4, 0.5) is 34.1 Å². The quantitative estimate of drug-likeness (QED) is 0.165. The fraction of sp³-hybridized carbons (Fsp3) is 0.0690. The number of hydrogen-bond donors (Lipinski definition) is 0. The molecular formula is C58H42B2N2O2. The van der Waals surface area contributed by atoms with Crippen molar-refractivity contribution < 1.29 is 9.47 Å². The Bertz CT molecular complexity index is 3160. The van der Waals surface area contributed by atoms with Gasteiger partial charge in [0.15, 0.2) is 0 Å². The molecule has 0 atom stereocenters. The number of fused-ring (bicyclic) bond motifs is 8. The molecule has 0 N–H and O–H groups in total. The van der Waals surface area contributed by atoms with Gasteiger partial charge in [-0.3, -0.25) is 0 Å². The van der Waals surface area contributed by atoms with Crippen LogP contribution >= 0.6 is 0 Å². The topological polar surface area (TPSA) is 24.9 Å². The SMILES string of the molecule is Cc1cccc(C)c1-c1cc2c3c(c1)N(c1ccccc1)c1ccccc1B3c1cc3c(cc1O2)Oc1cc(-c2c(C)cccc2C)cc2c1B3c1ccccc1N2c1ccccc1. The molecule has 4 aliphatic heterocycles. The summed E-state index contributed by atoms with van der Waals surface area (Å²) in [5, 5.41) is 0. The van der Waals surface area contributed by atoms with E-state index >= 15 is 0 Å². The standard InChI is InChI=1S/C58H42B2N2O2/c1-35-17-15-18-36(2)55(35)39-29-49-57-53(31-39)63-51-34-52-46(33-45(51)59(57)43-25-11-13-27-47(43)61(49)41-21-7-5-8-22-41)60-44-26-12-14-28-48(44)62(42-23-9-6-10-24-42)50-30-40(32-54(64-52)58(50)60)56-37(3)19-16-20-38(56)4/h5-34H,1-4H3. The summed E-state index contributed by atoms with van der Waals surface area (Å²) >= 11 is 0. The van der Waals surface area contributed by atoms with Gasteiger partial charge in [-0.1, -0.05) is 115 Å². The number of anilines is 6. The Kier molecular flexibility index (Phi) is 8.02. The van der Waals surface area contributed by atoms with E-state index in [0.717, 1.165) is 67.8 Å². The molecule has 13 rings (SSSR count). The van der Waals surface area contributed by atoms with E-state index in [-0.39, 0.29) is 13.4 Å². The Morgan fingerprint density at radius 2 is 0.719 bits per heavy atom. The first-order valence-corrected chi connectivity index (χ1v) is 22.3. The lowest BCUT2D eigenvalue weighted by Gasteiger charge is -2.42. The molecule has 0 amide bonds. The van der Waals surface area contributed by atoms with Crippen molar-refractivity contribution >= 4 is 80.3 Å². The smallest absolute Gasteiger partial charge is 0.256 e. The lowest BCUT2D eigenvalue weighted by Crippen LogP contribution is -2.63. The van der Waals surface area contributed by atoms with Gasteiger partial charge in [0.1, 0.15) is 23.0 Å². The molecule has 0 aromatic heterocycles. The molecule has 0 fully saturated rings. The fourth-order valence-corrected chi connectivity index (χ4v) is 11.4. The third kappa shape index (κ3) is 5.32. The second kappa shape index (κ2) is 13.9. The third-order valence-electron chi connectivity index (χ3n) is 14.0. The molecule has 302 valence electrons. The molecule has 0 saturated carbocycles. The molecule has 9 aromatic rings. The van der Waals surface area contributed by atoms with E-state index < -0.39 is 0 Å². The van der Waals surface area contributed by atoms with Gasteiger partial charge in [-0.2, -0.15) is 0 Å². The molecular weight excluding hydrogens is 778 g/mol. The van der Waals surface area contributed by atoms with E-state index in [4.69, 9.17) is 9.47 Å². The van der Waals surface area contributed by atoms with Gasteiger partial charge in [0.2, 0.25) is 0 Å². The minimum absolute atomic E-state index is 0.0749. The summed E-state index contributed by atoms with van der Waals surface area (Å²) in [7, 11) is 0. The van der Waals surface area contributed by atoms with E-state index in [9.17, 15) is 0 Å². The molecule has 0 saturated heterocycles. The maximum atomic E-state index is 7.28. The zero-order valence-electron chi connectivity index (χ0n) is 36.2. The van der Waals surface area contributed by atoms with E-state index in [0.29, 0.717) is 0 Å². The number of aryl methyl sites for hydroxylation is 4. The van der Waals surface area contributed by atoms with Crippen molar-refractivity contribution in [1.29, 1.82) is 0 Å². The molecule has 0 unspecified atom stereocenters. The first kappa shape index (κ1) is 36.9. The third-order valence-corrected chi connectivity index (χ3v) is 14.0. The lowest BCUT2D eigenvalue weighted by molar-refractivity contribution is 0.466. The average molecular weight is 821 g/mol. The highest BCUT2D eigenvalue weighted by Gasteiger charge is 2.47. The normalized spacial score (nSPS) is 13.4. The Balaban J connectivity index is 1.07. The maximum Gasteiger partial charge on any atom is 0.256 e. The zero-order valence-corrected chi connectivity index (χ0v) is 36.2. The molecule has 4 aliphatic rings. The molecule has 0 spiro atoms. The second-order valence-electron chi connectivity index (χ2n) is 17.8. The van der Waals surface area contributed by atoms with Crippen molar-refractivity contribution in [3.63, 3.8) is 0 Å². The van der Waals surface area contributed by atoms with Crippen molar-refractivity contribution in [1.82, 2.24) is 0 Å². The highest BCUT2D eigenvalue weighted by Crippen LogP contribution is 2.47. The first-order valence-electron chi connectivity index (χ1n) is 22.3. The summed E-state index contributed by atoms with van der Waals surface area (Å²) in [5.41, 5.74) is 23.7. The average Bonchev–Trinajstić information content (AvgIpc) is 3.31. The molecule has 0 aliphatic carbocycles. The van der Waals surface area contributed by atoms with Crippen LogP contribution in [-0.4, -0.2) is 13.4 Å². The minimum Gasteiger partial charge on any atom is -0.458 e. The molecule has 64 heavy (non-hydrogen) atoms. The summed E-state index contributed by atoms with van der Waals surface area (Å²) in [6, 6.07) is 66.4. The first-order chi connectivity index (χ1) is 31.4. The second-order valence-corrected chi connectivity index (χ2v) is 17.8. The summed E-state index contributed by atoms with van der Waals surface area (Å²) < 4.78 is 14.6. The maximum absolute atomic E-state index is 7.28. The Morgan fingerprint density at radius 3 is 1.14 bits per heavy atom. The van der Waals surface area contributed by atoms with Gasteiger partial charge in [-0.15, -0.1) is 0 Å². The fourth-order valence-electron chi connectivity index (χ4n) is 11.4. The number of benzene rings is 9. The van der Waals surface area contributed by atoms with Crippen LogP contribution in [0, 0.1) is 27.7 Å². The Morgan fingerprint density at radius 1 is 0.328 bits per heavy atom. The van der Waals surface area contributed by atoms with Crippen LogP contribution in [0.25, 0.3) is 22.3 Å². The molecule has 4 heterocycles. The number of hydrogen-bond acceptors (Lipinski definition) is 4. The molecule has 0 bridgehead atoms. The van der Waals surface area contributed by atoms with Gasteiger partial charge in [-0.25, -0.2) is 0 Å². The van der Waals surface area contributed by atoms with Crippen molar-refractivity contribution in [3.8, 4) is 45.3 Å². The number of para-hydroxylation sites is 4. The van der Waals surface area contributed by atoms with Gasteiger partial charge in [0.25, 0.3) is 13.4 Å². The number of nitrogens with zero attached hydrogens (tertiary/aromatic N) is 2. The van der Waals surface area contributed by atoms with Crippen molar-refractivity contribution in [2.45, 2.75) is 27.7 Å². The summed E-state index contributed by atoms with van der Waals surface area (Å²) in [5.74, 6) is 3.41. The predicted molar refractivity (Wildman–Crippen MR) is 268 cm³/mol. The van der Waals surface area contributed by atoms with Crippen molar-refractivity contribution in [2.24, 2.45) is 0 Å². The summed E-state index contributed by atoms with van der Waals surface area (Å²) in [6.07, 6.45) is 0. The van der Waals surface area contributed by atoms with Crippen molar-refractivity contribution in [3.05, 3.63) is 204 Å². The van der Waals surface area contributed by atoms with Gasteiger partial charge in [0.05, 0.1) is 0 Å². The number of ether oxygens (including phenoxy) is 2. The lowest BCUT2D eigenvalue weighted by atomic mass is 9.31. The van der Waals surface area contributed by atoms with Crippen molar-refractivity contribution in [2.75, 3.05) is 9.80 Å². The van der Waals surface area contributed by atoms with E-state index in [1.54, 1.807) is 0 Å². The highest BCUT2D eigenvalue weighted by atomic mass is 16.5.